The van der Waals surface area contributed by atoms with Crippen molar-refractivity contribution in [2.75, 3.05) is 24.6 Å². The Morgan fingerprint density at radius 1 is 1.25 bits per heavy atom. The summed E-state index contributed by atoms with van der Waals surface area (Å²) in [7, 11) is 0. The van der Waals surface area contributed by atoms with Gasteiger partial charge in [-0.2, -0.15) is 14.6 Å². The van der Waals surface area contributed by atoms with Gasteiger partial charge in [0.1, 0.15) is 12.1 Å². The van der Waals surface area contributed by atoms with Crippen molar-refractivity contribution in [2.24, 2.45) is 5.92 Å². The smallest absolute Gasteiger partial charge is 0.316 e. The van der Waals surface area contributed by atoms with Crippen LogP contribution in [0.5, 0.6) is 6.01 Å². The van der Waals surface area contributed by atoms with Crippen LogP contribution in [0.3, 0.4) is 0 Å². The lowest BCUT2D eigenvalue weighted by Gasteiger charge is -2.34. The maximum atomic E-state index is 5.73. The second-order valence-electron chi connectivity index (χ2n) is 6.02. The molecule has 3 aromatic rings. The Morgan fingerprint density at radius 3 is 3.00 bits per heavy atom. The van der Waals surface area contributed by atoms with Crippen LogP contribution in [-0.4, -0.2) is 49.2 Å². The van der Waals surface area contributed by atoms with Crippen LogP contribution in [-0.2, 0) is 0 Å². The maximum absolute atomic E-state index is 5.73. The highest BCUT2D eigenvalue weighted by Crippen LogP contribution is 2.24. The molecule has 0 spiro atoms. The zero-order chi connectivity index (χ0) is 16.4. The van der Waals surface area contributed by atoms with E-state index in [-0.39, 0.29) is 0 Å². The molecule has 1 aliphatic heterocycles. The Morgan fingerprint density at radius 2 is 2.12 bits per heavy atom. The topological polar surface area (TPSA) is 81.3 Å². The summed E-state index contributed by atoms with van der Waals surface area (Å²) in [5.41, 5.74) is 0.946. The van der Waals surface area contributed by atoms with Crippen LogP contribution >= 0.6 is 0 Å². The SMILES string of the molecule is Cc1cc(N2CCCC(COc3ncccn3)C2)n2ncnc2n1. The van der Waals surface area contributed by atoms with E-state index in [0.717, 1.165) is 37.4 Å². The molecule has 4 rings (SSSR count). The van der Waals surface area contributed by atoms with Gasteiger partial charge in [-0.1, -0.05) is 0 Å². The highest BCUT2D eigenvalue weighted by molar-refractivity contribution is 5.47. The predicted molar refractivity (Wildman–Crippen MR) is 88.0 cm³/mol. The number of anilines is 1. The molecule has 0 aromatic carbocycles. The van der Waals surface area contributed by atoms with Gasteiger partial charge in [0.25, 0.3) is 5.78 Å². The lowest BCUT2D eigenvalue weighted by atomic mass is 9.99. The third-order valence-corrected chi connectivity index (χ3v) is 4.19. The molecule has 3 aromatic heterocycles. The lowest BCUT2D eigenvalue weighted by molar-refractivity contribution is 0.213. The van der Waals surface area contributed by atoms with Gasteiger partial charge in [-0.3, -0.25) is 0 Å². The van der Waals surface area contributed by atoms with E-state index in [9.17, 15) is 0 Å². The Bertz CT molecular complexity index is 820. The normalized spacial score (nSPS) is 18.0. The first-order valence-corrected chi connectivity index (χ1v) is 8.12. The van der Waals surface area contributed by atoms with Crippen LogP contribution < -0.4 is 9.64 Å². The molecule has 0 bridgehead atoms. The molecule has 1 atom stereocenters. The van der Waals surface area contributed by atoms with E-state index >= 15 is 0 Å². The molecule has 24 heavy (non-hydrogen) atoms. The molecule has 1 fully saturated rings. The van der Waals surface area contributed by atoms with Crippen molar-refractivity contribution >= 4 is 11.6 Å². The highest BCUT2D eigenvalue weighted by atomic mass is 16.5. The minimum absolute atomic E-state index is 0.426. The zero-order valence-corrected chi connectivity index (χ0v) is 13.5. The van der Waals surface area contributed by atoms with Crippen molar-refractivity contribution in [3.63, 3.8) is 0 Å². The van der Waals surface area contributed by atoms with Crippen molar-refractivity contribution in [1.82, 2.24) is 29.5 Å². The van der Waals surface area contributed by atoms with Crippen molar-refractivity contribution in [1.29, 1.82) is 0 Å². The molecule has 124 valence electrons. The zero-order valence-electron chi connectivity index (χ0n) is 13.5. The van der Waals surface area contributed by atoms with Crippen LogP contribution in [0.25, 0.3) is 5.78 Å². The van der Waals surface area contributed by atoms with E-state index in [4.69, 9.17) is 4.74 Å². The fourth-order valence-corrected chi connectivity index (χ4v) is 3.10. The number of ether oxygens (including phenoxy) is 1. The van der Waals surface area contributed by atoms with Crippen LogP contribution in [0.15, 0.2) is 30.9 Å². The third kappa shape index (κ3) is 2.99. The molecule has 0 radical (unpaired) electrons. The van der Waals surface area contributed by atoms with Crippen LogP contribution in [0.1, 0.15) is 18.5 Å². The molecule has 0 amide bonds. The molecular formula is C16H19N7O. The van der Waals surface area contributed by atoms with E-state index in [1.807, 2.05) is 6.92 Å². The van der Waals surface area contributed by atoms with Crippen molar-refractivity contribution in [3.8, 4) is 6.01 Å². The van der Waals surface area contributed by atoms with Gasteiger partial charge >= 0.3 is 6.01 Å². The third-order valence-electron chi connectivity index (χ3n) is 4.19. The van der Waals surface area contributed by atoms with Crippen molar-refractivity contribution in [3.05, 3.63) is 36.5 Å². The molecule has 8 heteroatoms. The first kappa shape index (κ1) is 14.8. The van der Waals surface area contributed by atoms with Crippen molar-refractivity contribution in [2.45, 2.75) is 19.8 Å². The number of nitrogens with zero attached hydrogens (tertiary/aromatic N) is 7. The van der Waals surface area contributed by atoms with E-state index in [0.29, 0.717) is 24.3 Å². The molecule has 8 nitrogen and oxygen atoms in total. The standard InChI is InChI=1S/C16H19N7O/c1-12-8-14(23-15(21-12)19-11-20-23)22-7-2-4-13(9-22)10-24-16-17-5-3-6-18-16/h3,5-6,8,11,13H,2,4,7,9-10H2,1H3. The molecule has 1 unspecified atom stereocenters. The summed E-state index contributed by atoms with van der Waals surface area (Å²) in [4.78, 5) is 19.2. The summed E-state index contributed by atoms with van der Waals surface area (Å²) in [5, 5.41) is 4.30. The van der Waals surface area contributed by atoms with Gasteiger partial charge in [0.05, 0.1) is 6.61 Å². The van der Waals surface area contributed by atoms with Gasteiger partial charge in [-0.25, -0.2) is 15.0 Å². The molecule has 0 N–H and O–H groups in total. The largest absolute Gasteiger partial charge is 0.463 e. The number of aromatic nitrogens is 6. The van der Waals surface area contributed by atoms with Gasteiger partial charge in [-0.05, 0) is 25.8 Å². The number of rotatable bonds is 4. The van der Waals surface area contributed by atoms with Gasteiger partial charge in [0, 0.05) is 43.2 Å². The molecular weight excluding hydrogens is 306 g/mol. The van der Waals surface area contributed by atoms with Crippen molar-refractivity contribution < 1.29 is 4.74 Å². The number of aryl methyl sites for hydroxylation is 1. The second kappa shape index (κ2) is 6.38. The summed E-state index contributed by atoms with van der Waals surface area (Å²) in [5.74, 6) is 2.10. The second-order valence-corrected chi connectivity index (χ2v) is 6.02. The molecule has 0 aliphatic carbocycles. The van der Waals surface area contributed by atoms with E-state index < -0.39 is 0 Å². The van der Waals surface area contributed by atoms with E-state index in [1.54, 1.807) is 29.3 Å². The summed E-state index contributed by atoms with van der Waals surface area (Å²) < 4.78 is 7.53. The van der Waals surface area contributed by atoms with Gasteiger partial charge in [0.15, 0.2) is 0 Å². The Labute approximate surface area is 139 Å². The van der Waals surface area contributed by atoms with Crippen LogP contribution in [0.2, 0.25) is 0 Å². The quantitative estimate of drug-likeness (QED) is 0.719. The minimum Gasteiger partial charge on any atom is -0.463 e. The Kier molecular flexibility index (Phi) is 3.94. The van der Waals surface area contributed by atoms with E-state index in [1.165, 1.54) is 0 Å². The summed E-state index contributed by atoms with van der Waals surface area (Å²) >= 11 is 0. The monoisotopic (exact) mass is 325 g/mol. The number of fused-ring (bicyclic) bond motifs is 1. The van der Waals surface area contributed by atoms with E-state index in [2.05, 4.69) is 36.0 Å². The van der Waals surface area contributed by atoms with Crippen LogP contribution in [0, 0.1) is 12.8 Å². The maximum Gasteiger partial charge on any atom is 0.316 e. The predicted octanol–water partition coefficient (Wildman–Crippen LogP) is 1.52. The average molecular weight is 325 g/mol. The summed E-state index contributed by atoms with van der Waals surface area (Å²) in [6.07, 6.45) is 7.17. The first-order valence-electron chi connectivity index (χ1n) is 8.12. The Balaban J connectivity index is 1.49. The first-order chi connectivity index (χ1) is 11.8. The molecule has 0 saturated carbocycles. The van der Waals surface area contributed by atoms with Crippen LogP contribution in [0.4, 0.5) is 5.82 Å². The van der Waals surface area contributed by atoms with Gasteiger partial charge in [0.2, 0.25) is 0 Å². The lowest BCUT2D eigenvalue weighted by Crippen LogP contribution is -2.39. The Hall–Kier alpha value is -2.77. The molecule has 4 heterocycles. The van der Waals surface area contributed by atoms with Gasteiger partial charge in [-0.15, -0.1) is 0 Å². The molecule has 1 aliphatic rings. The fraction of sp³-hybridized carbons (Fsp3) is 0.438. The number of hydrogen-bond acceptors (Lipinski definition) is 7. The summed E-state index contributed by atoms with van der Waals surface area (Å²) in [6, 6.07) is 4.28. The summed E-state index contributed by atoms with van der Waals surface area (Å²) in [6.45, 7) is 4.50. The van der Waals surface area contributed by atoms with Gasteiger partial charge < -0.3 is 9.64 Å². The highest BCUT2D eigenvalue weighted by Gasteiger charge is 2.23. The number of hydrogen-bond donors (Lipinski definition) is 0. The average Bonchev–Trinajstić information content (AvgIpc) is 3.08. The molecule has 1 saturated heterocycles. The number of piperidine rings is 1. The fourth-order valence-electron chi connectivity index (χ4n) is 3.10. The minimum atomic E-state index is 0.426.